The Bertz CT molecular complexity index is 717. The Morgan fingerprint density at radius 2 is 1.83 bits per heavy atom. The third-order valence-corrected chi connectivity index (χ3v) is 4.52. The van der Waals surface area contributed by atoms with Crippen molar-refractivity contribution in [2.24, 2.45) is 0 Å². The first-order valence-electron chi connectivity index (χ1n) is 7.86. The molecule has 1 N–H and O–H groups in total. The Labute approximate surface area is 141 Å². The Balaban J connectivity index is 1.75. The van der Waals surface area contributed by atoms with Crippen LogP contribution in [0.2, 0.25) is 0 Å². The van der Waals surface area contributed by atoms with Crippen LogP contribution >= 0.6 is 0 Å². The molecule has 1 aliphatic heterocycles. The summed E-state index contributed by atoms with van der Waals surface area (Å²) in [5.41, 5.74) is 2.08. The summed E-state index contributed by atoms with van der Waals surface area (Å²) in [6.07, 6.45) is 0. The fourth-order valence-corrected chi connectivity index (χ4v) is 3.28. The third kappa shape index (κ3) is 3.08. The minimum absolute atomic E-state index is 0.0313. The highest BCUT2D eigenvalue weighted by Gasteiger charge is 2.44. The van der Waals surface area contributed by atoms with E-state index in [1.807, 2.05) is 53.4 Å². The number of carbonyl (C=O) groups is 1. The van der Waals surface area contributed by atoms with Crippen molar-refractivity contribution in [2.45, 2.75) is 18.5 Å². The van der Waals surface area contributed by atoms with Crippen LogP contribution in [0.1, 0.15) is 17.0 Å². The monoisotopic (exact) mass is 327 g/mol. The molecular weight excluding hydrogens is 306 g/mol. The predicted octanol–water partition coefficient (Wildman–Crippen LogP) is 2.76. The third-order valence-electron chi connectivity index (χ3n) is 4.52. The molecule has 0 unspecified atom stereocenters. The molecule has 0 spiro atoms. The quantitative estimate of drug-likeness (QED) is 0.884. The van der Waals surface area contributed by atoms with E-state index >= 15 is 0 Å². The van der Waals surface area contributed by atoms with E-state index in [9.17, 15) is 9.90 Å². The molecule has 1 fully saturated rings. The highest BCUT2D eigenvalue weighted by atomic mass is 16.5. The molecule has 2 aromatic rings. The lowest BCUT2D eigenvalue weighted by molar-refractivity contribution is -0.150. The Morgan fingerprint density at radius 3 is 2.46 bits per heavy atom. The number of methoxy groups -OCH3 is 2. The van der Waals surface area contributed by atoms with Crippen LogP contribution in [0, 0.1) is 0 Å². The summed E-state index contributed by atoms with van der Waals surface area (Å²) in [6.45, 7) is 1.30. The lowest BCUT2D eigenvalue weighted by Crippen LogP contribution is -2.57. The highest BCUT2D eigenvalue weighted by Crippen LogP contribution is 2.36. The Morgan fingerprint density at radius 1 is 1.12 bits per heavy atom. The molecule has 5 nitrogen and oxygen atoms in total. The highest BCUT2D eigenvalue weighted by molar-refractivity contribution is 5.76. The average molecular weight is 327 g/mol. The molecule has 0 aliphatic carbocycles. The maximum atomic E-state index is 11.7. The van der Waals surface area contributed by atoms with Crippen LogP contribution < -0.4 is 9.47 Å². The maximum Gasteiger partial charge on any atom is 0.321 e. The molecule has 0 amide bonds. The Hall–Kier alpha value is -2.53. The summed E-state index contributed by atoms with van der Waals surface area (Å²) in [6, 6.07) is 15.0. The van der Waals surface area contributed by atoms with Gasteiger partial charge in [-0.05, 0) is 23.3 Å². The zero-order valence-electron chi connectivity index (χ0n) is 13.8. The van der Waals surface area contributed by atoms with Crippen molar-refractivity contribution in [3.05, 3.63) is 59.7 Å². The molecule has 2 atom stereocenters. The molecule has 24 heavy (non-hydrogen) atoms. The van der Waals surface area contributed by atoms with E-state index in [4.69, 9.17) is 9.47 Å². The first-order chi connectivity index (χ1) is 11.6. The zero-order chi connectivity index (χ0) is 17.1. The average Bonchev–Trinajstić information content (AvgIpc) is 2.58. The molecule has 3 rings (SSSR count). The lowest BCUT2D eigenvalue weighted by Gasteiger charge is -2.46. The summed E-state index contributed by atoms with van der Waals surface area (Å²) < 4.78 is 10.6. The normalized spacial score (nSPS) is 20.2. The van der Waals surface area contributed by atoms with Gasteiger partial charge in [-0.2, -0.15) is 0 Å². The fraction of sp³-hybridized carbons (Fsp3) is 0.316. The van der Waals surface area contributed by atoms with Gasteiger partial charge in [0.2, 0.25) is 0 Å². The number of aliphatic carboxylic acids is 1. The first kappa shape index (κ1) is 16.3. The molecule has 1 aliphatic rings. The standard InChI is InChI=1S/C19H21NO4/c1-23-16-9-8-13(10-17(16)24-2)11-20-12-15(18(20)19(21)22)14-6-4-3-5-7-14/h3-10,15,18H,11-12H2,1-2H3,(H,21,22)/t15-,18+/m1/s1. The summed E-state index contributed by atoms with van der Waals surface area (Å²) in [5, 5.41) is 9.61. The van der Waals surface area contributed by atoms with Gasteiger partial charge in [0.25, 0.3) is 0 Å². The topological polar surface area (TPSA) is 59.0 Å². The van der Waals surface area contributed by atoms with Crippen LogP contribution in [0.5, 0.6) is 11.5 Å². The number of hydrogen-bond acceptors (Lipinski definition) is 4. The van der Waals surface area contributed by atoms with Gasteiger partial charge in [-0.3, -0.25) is 9.69 Å². The zero-order valence-corrected chi connectivity index (χ0v) is 13.8. The SMILES string of the molecule is COc1ccc(CN2C[C@H](c3ccccc3)[C@H]2C(=O)O)cc1OC. The van der Waals surface area contributed by atoms with Crippen LogP contribution in [0.3, 0.4) is 0 Å². The van der Waals surface area contributed by atoms with Crippen molar-refractivity contribution in [1.82, 2.24) is 4.90 Å². The van der Waals surface area contributed by atoms with Crippen molar-refractivity contribution < 1.29 is 19.4 Å². The number of nitrogens with zero attached hydrogens (tertiary/aromatic N) is 1. The van der Waals surface area contributed by atoms with E-state index in [0.29, 0.717) is 18.0 Å². The fourth-order valence-electron chi connectivity index (χ4n) is 3.28. The van der Waals surface area contributed by atoms with Crippen LogP contribution in [0.25, 0.3) is 0 Å². The molecule has 0 saturated carbocycles. The van der Waals surface area contributed by atoms with E-state index in [1.54, 1.807) is 14.2 Å². The summed E-state index contributed by atoms with van der Waals surface area (Å²) >= 11 is 0. The number of ether oxygens (including phenoxy) is 2. The molecule has 1 heterocycles. The summed E-state index contributed by atoms with van der Waals surface area (Å²) in [7, 11) is 3.19. The smallest absolute Gasteiger partial charge is 0.321 e. The van der Waals surface area contributed by atoms with Gasteiger partial charge in [-0.25, -0.2) is 0 Å². The minimum atomic E-state index is -0.782. The molecule has 0 bridgehead atoms. The molecule has 126 valence electrons. The van der Waals surface area contributed by atoms with Gasteiger partial charge in [0.15, 0.2) is 11.5 Å². The van der Waals surface area contributed by atoms with E-state index in [0.717, 1.165) is 17.7 Å². The Kier molecular flexibility index (Phi) is 4.71. The van der Waals surface area contributed by atoms with E-state index in [1.165, 1.54) is 0 Å². The van der Waals surface area contributed by atoms with Crippen LogP contribution in [0.4, 0.5) is 0 Å². The van der Waals surface area contributed by atoms with Crippen molar-refractivity contribution in [3.63, 3.8) is 0 Å². The largest absolute Gasteiger partial charge is 0.493 e. The van der Waals surface area contributed by atoms with Gasteiger partial charge in [0, 0.05) is 19.0 Å². The molecule has 0 radical (unpaired) electrons. The predicted molar refractivity (Wildman–Crippen MR) is 90.6 cm³/mol. The number of hydrogen-bond donors (Lipinski definition) is 1. The van der Waals surface area contributed by atoms with Crippen LogP contribution in [0.15, 0.2) is 48.5 Å². The van der Waals surface area contributed by atoms with E-state index in [2.05, 4.69) is 0 Å². The summed E-state index contributed by atoms with van der Waals surface area (Å²) in [4.78, 5) is 13.7. The number of benzene rings is 2. The van der Waals surface area contributed by atoms with Gasteiger partial charge in [0.05, 0.1) is 14.2 Å². The lowest BCUT2D eigenvalue weighted by atomic mass is 9.82. The van der Waals surface area contributed by atoms with Crippen molar-refractivity contribution in [2.75, 3.05) is 20.8 Å². The first-order valence-corrected chi connectivity index (χ1v) is 7.86. The second kappa shape index (κ2) is 6.93. The molecular formula is C19H21NO4. The maximum absolute atomic E-state index is 11.7. The molecule has 5 heteroatoms. The van der Waals surface area contributed by atoms with Crippen molar-refractivity contribution in [1.29, 1.82) is 0 Å². The number of carboxylic acid groups (broad SMARTS) is 1. The second-order valence-corrected chi connectivity index (χ2v) is 5.92. The van der Waals surface area contributed by atoms with Crippen LogP contribution in [-0.4, -0.2) is 42.8 Å². The van der Waals surface area contributed by atoms with Gasteiger partial charge >= 0.3 is 5.97 Å². The van der Waals surface area contributed by atoms with Gasteiger partial charge in [-0.15, -0.1) is 0 Å². The van der Waals surface area contributed by atoms with Gasteiger partial charge < -0.3 is 14.6 Å². The molecule has 2 aromatic carbocycles. The number of rotatable bonds is 6. The van der Waals surface area contributed by atoms with Gasteiger partial charge in [-0.1, -0.05) is 36.4 Å². The van der Waals surface area contributed by atoms with E-state index < -0.39 is 12.0 Å². The van der Waals surface area contributed by atoms with E-state index in [-0.39, 0.29) is 5.92 Å². The summed E-state index contributed by atoms with van der Waals surface area (Å²) in [5.74, 6) is 0.572. The second-order valence-electron chi connectivity index (χ2n) is 5.92. The van der Waals surface area contributed by atoms with Gasteiger partial charge in [0.1, 0.15) is 6.04 Å². The molecule has 1 saturated heterocycles. The number of carboxylic acids is 1. The van der Waals surface area contributed by atoms with Crippen LogP contribution in [-0.2, 0) is 11.3 Å². The van der Waals surface area contributed by atoms with Crippen molar-refractivity contribution in [3.8, 4) is 11.5 Å². The number of likely N-dealkylation sites (tertiary alicyclic amines) is 1. The minimum Gasteiger partial charge on any atom is -0.493 e. The molecule has 0 aromatic heterocycles. The van der Waals surface area contributed by atoms with Crippen molar-refractivity contribution >= 4 is 5.97 Å².